The molecule has 0 radical (unpaired) electrons. The Bertz CT molecular complexity index is 638. The molecule has 8 heteroatoms. The summed E-state index contributed by atoms with van der Waals surface area (Å²) in [5.74, 6) is 0.891. The van der Waals surface area contributed by atoms with Crippen LogP contribution in [0.15, 0.2) is 12.4 Å². The van der Waals surface area contributed by atoms with Crippen LogP contribution in [0.4, 0.5) is 4.79 Å². The highest BCUT2D eigenvalue weighted by molar-refractivity contribution is 5.82. The van der Waals surface area contributed by atoms with Gasteiger partial charge in [0.1, 0.15) is 5.82 Å². The Kier molecular flexibility index (Phi) is 4.99. The van der Waals surface area contributed by atoms with E-state index in [4.69, 9.17) is 4.74 Å². The van der Waals surface area contributed by atoms with Crippen LogP contribution in [0.1, 0.15) is 18.7 Å². The molecule has 138 valence electrons. The number of rotatable bonds is 5. The number of nitrogens with zero attached hydrogens (tertiary/aromatic N) is 4. The molecule has 1 saturated carbocycles. The molecular formula is C17H27N5O3. The maximum atomic E-state index is 12.5. The van der Waals surface area contributed by atoms with Crippen molar-refractivity contribution in [3.8, 4) is 0 Å². The van der Waals surface area contributed by atoms with Gasteiger partial charge < -0.3 is 24.4 Å². The van der Waals surface area contributed by atoms with Crippen LogP contribution in [-0.2, 0) is 16.1 Å². The SMILES string of the molecule is Cc1nccn1CC1(CNC(=O)N2CCOC(C(=O)N(C)C)C2)CC1. The molecule has 1 atom stereocenters. The summed E-state index contributed by atoms with van der Waals surface area (Å²) in [6.45, 7) is 4.71. The fourth-order valence-electron chi connectivity index (χ4n) is 3.15. The van der Waals surface area contributed by atoms with Crippen LogP contribution >= 0.6 is 0 Å². The van der Waals surface area contributed by atoms with E-state index in [1.54, 1.807) is 25.2 Å². The molecule has 25 heavy (non-hydrogen) atoms. The predicted molar refractivity (Wildman–Crippen MR) is 92.0 cm³/mol. The van der Waals surface area contributed by atoms with Gasteiger partial charge >= 0.3 is 6.03 Å². The first-order chi connectivity index (χ1) is 11.9. The minimum atomic E-state index is -0.571. The molecule has 1 aromatic rings. The van der Waals surface area contributed by atoms with Gasteiger partial charge in [-0.05, 0) is 19.8 Å². The highest BCUT2D eigenvalue weighted by Crippen LogP contribution is 2.46. The molecule has 1 saturated heterocycles. The number of imidazole rings is 1. The van der Waals surface area contributed by atoms with Gasteiger partial charge in [0, 0.05) is 51.5 Å². The van der Waals surface area contributed by atoms with Gasteiger partial charge in [-0.1, -0.05) is 0 Å². The molecule has 1 unspecified atom stereocenters. The van der Waals surface area contributed by atoms with Crippen molar-refractivity contribution in [3.05, 3.63) is 18.2 Å². The first kappa shape index (κ1) is 17.7. The summed E-state index contributed by atoms with van der Waals surface area (Å²) < 4.78 is 7.64. The van der Waals surface area contributed by atoms with Gasteiger partial charge in [0.25, 0.3) is 5.91 Å². The van der Waals surface area contributed by atoms with E-state index in [2.05, 4.69) is 14.9 Å². The Labute approximate surface area is 148 Å². The number of aryl methyl sites for hydroxylation is 1. The number of hydrogen-bond donors (Lipinski definition) is 1. The lowest BCUT2D eigenvalue weighted by Crippen LogP contribution is -2.54. The number of urea groups is 1. The third kappa shape index (κ3) is 4.12. The number of hydrogen-bond acceptors (Lipinski definition) is 4. The van der Waals surface area contributed by atoms with Crippen molar-refractivity contribution in [3.63, 3.8) is 0 Å². The molecule has 2 heterocycles. The van der Waals surface area contributed by atoms with Gasteiger partial charge in [0.15, 0.2) is 6.10 Å². The Morgan fingerprint density at radius 1 is 1.44 bits per heavy atom. The van der Waals surface area contributed by atoms with E-state index in [0.29, 0.717) is 26.2 Å². The van der Waals surface area contributed by atoms with Gasteiger partial charge in [0.05, 0.1) is 13.2 Å². The fraction of sp³-hybridized carbons (Fsp3) is 0.706. The number of ether oxygens (including phenoxy) is 1. The average molecular weight is 349 g/mol. The van der Waals surface area contributed by atoms with Crippen LogP contribution in [0, 0.1) is 12.3 Å². The van der Waals surface area contributed by atoms with E-state index < -0.39 is 6.10 Å². The van der Waals surface area contributed by atoms with Crippen molar-refractivity contribution < 1.29 is 14.3 Å². The third-order valence-corrected chi connectivity index (χ3v) is 5.07. The van der Waals surface area contributed by atoms with E-state index in [0.717, 1.165) is 25.2 Å². The average Bonchev–Trinajstić information content (AvgIpc) is 3.26. The summed E-state index contributed by atoms with van der Waals surface area (Å²) in [7, 11) is 3.39. The molecular weight excluding hydrogens is 322 g/mol. The van der Waals surface area contributed by atoms with Crippen molar-refractivity contribution in [1.82, 2.24) is 24.7 Å². The number of likely N-dealkylation sites (N-methyl/N-ethyl adjacent to an activating group) is 1. The summed E-state index contributed by atoms with van der Waals surface area (Å²) in [4.78, 5) is 32.0. The van der Waals surface area contributed by atoms with Crippen LogP contribution in [0.5, 0.6) is 0 Å². The molecule has 1 aliphatic carbocycles. The molecule has 8 nitrogen and oxygen atoms in total. The normalized spacial score (nSPS) is 21.7. The minimum Gasteiger partial charge on any atom is -0.365 e. The number of carbonyl (C=O) groups excluding carboxylic acids is 2. The van der Waals surface area contributed by atoms with E-state index in [1.807, 2.05) is 13.1 Å². The number of carbonyl (C=O) groups is 2. The quantitative estimate of drug-likeness (QED) is 0.838. The van der Waals surface area contributed by atoms with Crippen molar-refractivity contribution >= 4 is 11.9 Å². The fourth-order valence-corrected chi connectivity index (χ4v) is 3.15. The predicted octanol–water partition coefficient (Wildman–Crippen LogP) is 0.470. The first-order valence-electron chi connectivity index (χ1n) is 8.73. The lowest BCUT2D eigenvalue weighted by Gasteiger charge is -2.33. The topological polar surface area (TPSA) is 79.7 Å². The van der Waals surface area contributed by atoms with Gasteiger partial charge in [-0.25, -0.2) is 9.78 Å². The molecule has 1 N–H and O–H groups in total. The number of amides is 3. The highest BCUT2D eigenvalue weighted by Gasteiger charge is 2.43. The molecule has 3 amide bonds. The van der Waals surface area contributed by atoms with E-state index >= 15 is 0 Å². The maximum Gasteiger partial charge on any atom is 0.317 e. The smallest absolute Gasteiger partial charge is 0.317 e. The maximum absolute atomic E-state index is 12.5. The standard InChI is InChI=1S/C17H27N5O3/c1-13-18-6-7-22(13)12-17(4-5-17)11-19-16(24)21-8-9-25-14(10-21)15(23)20(2)3/h6-7,14H,4-5,8-12H2,1-3H3,(H,19,24). The number of morpholine rings is 1. The molecule has 1 aliphatic heterocycles. The van der Waals surface area contributed by atoms with Crippen LogP contribution in [0.25, 0.3) is 0 Å². The van der Waals surface area contributed by atoms with Crippen LogP contribution in [-0.4, -0.2) is 77.7 Å². The summed E-state index contributed by atoms with van der Waals surface area (Å²) in [6.07, 6.45) is 5.43. The van der Waals surface area contributed by atoms with Crippen molar-refractivity contribution in [1.29, 1.82) is 0 Å². The molecule has 2 fully saturated rings. The Hall–Kier alpha value is -2.09. The largest absolute Gasteiger partial charge is 0.365 e. The van der Waals surface area contributed by atoms with Gasteiger partial charge in [-0.15, -0.1) is 0 Å². The van der Waals surface area contributed by atoms with Gasteiger partial charge in [-0.2, -0.15) is 0 Å². The minimum absolute atomic E-state index is 0.105. The zero-order valence-electron chi connectivity index (χ0n) is 15.2. The summed E-state index contributed by atoms with van der Waals surface area (Å²) >= 11 is 0. The van der Waals surface area contributed by atoms with E-state index in [1.165, 1.54) is 4.90 Å². The number of nitrogens with one attached hydrogen (secondary N) is 1. The molecule has 1 aromatic heterocycles. The second-order valence-electron chi connectivity index (χ2n) is 7.30. The zero-order valence-corrected chi connectivity index (χ0v) is 15.2. The molecule has 0 bridgehead atoms. The van der Waals surface area contributed by atoms with Crippen molar-refractivity contribution in [2.45, 2.75) is 32.4 Å². The Balaban J connectivity index is 1.50. The Morgan fingerprint density at radius 2 is 2.20 bits per heavy atom. The van der Waals surface area contributed by atoms with Crippen LogP contribution < -0.4 is 5.32 Å². The van der Waals surface area contributed by atoms with E-state index in [9.17, 15) is 9.59 Å². The Morgan fingerprint density at radius 3 is 2.80 bits per heavy atom. The molecule has 3 rings (SSSR count). The van der Waals surface area contributed by atoms with Crippen molar-refractivity contribution in [2.24, 2.45) is 5.41 Å². The molecule has 0 spiro atoms. The molecule has 2 aliphatic rings. The third-order valence-electron chi connectivity index (χ3n) is 5.07. The second-order valence-corrected chi connectivity index (χ2v) is 7.30. The highest BCUT2D eigenvalue weighted by atomic mass is 16.5. The lowest BCUT2D eigenvalue weighted by atomic mass is 10.1. The zero-order chi connectivity index (χ0) is 18.0. The van der Waals surface area contributed by atoms with Gasteiger partial charge in [0.2, 0.25) is 0 Å². The first-order valence-corrected chi connectivity index (χ1v) is 8.73. The monoisotopic (exact) mass is 349 g/mol. The lowest BCUT2D eigenvalue weighted by molar-refractivity contribution is -0.145. The molecule has 0 aromatic carbocycles. The van der Waals surface area contributed by atoms with Gasteiger partial charge in [-0.3, -0.25) is 4.79 Å². The second kappa shape index (κ2) is 7.03. The van der Waals surface area contributed by atoms with Crippen LogP contribution in [0.2, 0.25) is 0 Å². The van der Waals surface area contributed by atoms with Crippen molar-refractivity contribution in [2.75, 3.05) is 40.3 Å². The number of aromatic nitrogens is 2. The van der Waals surface area contributed by atoms with E-state index in [-0.39, 0.29) is 17.4 Å². The van der Waals surface area contributed by atoms with Crippen LogP contribution in [0.3, 0.4) is 0 Å². The summed E-state index contributed by atoms with van der Waals surface area (Å²) in [5, 5.41) is 3.05. The summed E-state index contributed by atoms with van der Waals surface area (Å²) in [6, 6.07) is -0.117. The summed E-state index contributed by atoms with van der Waals surface area (Å²) in [5.41, 5.74) is 0.131.